The number of fused-ring (bicyclic) bond motifs is 3. The number of halogens is 2. The predicted molar refractivity (Wildman–Crippen MR) is 123 cm³/mol. The molecule has 6 nitrogen and oxygen atoms in total. The van der Waals surface area contributed by atoms with Gasteiger partial charge in [-0.05, 0) is 37.1 Å². The summed E-state index contributed by atoms with van der Waals surface area (Å²) in [7, 11) is 1.60. The number of pyridine rings is 1. The second kappa shape index (κ2) is 8.61. The van der Waals surface area contributed by atoms with E-state index in [2.05, 4.69) is 5.32 Å². The molecule has 0 bridgehead atoms. The fraction of sp³-hybridized carbons (Fsp3) is 0.240. The normalized spacial score (nSPS) is 15.2. The van der Waals surface area contributed by atoms with Gasteiger partial charge in [-0.25, -0.2) is 8.78 Å². The summed E-state index contributed by atoms with van der Waals surface area (Å²) in [6.45, 7) is 3.19. The van der Waals surface area contributed by atoms with Gasteiger partial charge in [-0.3, -0.25) is 14.4 Å². The Kier molecular flexibility index (Phi) is 5.84. The average Bonchev–Trinajstić information content (AvgIpc) is 2.87. The zero-order valence-electron chi connectivity index (χ0n) is 18.4. The molecule has 0 unspecified atom stereocenters. The molecule has 2 heterocycles. The minimum Gasteiger partial charge on any atom is -0.325 e. The van der Waals surface area contributed by atoms with Crippen molar-refractivity contribution in [3.05, 3.63) is 81.8 Å². The van der Waals surface area contributed by atoms with Crippen molar-refractivity contribution in [1.29, 1.82) is 0 Å². The molecule has 0 aliphatic carbocycles. The van der Waals surface area contributed by atoms with Gasteiger partial charge in [0.05, 0.1) is 11.6 Å². The van der Waals surface area contributed by atoms with Crippen molar-refractivity contribution in [1.82, 2.24) is 4.57 Å². The lowest BCUT2D eigenvalue weighted by Crippen LogP contribution is -2.40. The molecule has 2 amide bonds. The molecule has 0 saturated carbocycles. The highest BCUT2D eigenvalue weighted by Gasteiger charge is 2.34. The van der Waals surface area contributed by atoms with Crippen molar-refractivity contribution in [2.24, 2.45) is 7.05 Å². The van der Waals surface area contributed by atoms with E-state index >= 15 is 0 Å². The number of benzene rings is 2. The van der Waals surface area contributed by atoms with Crippen LogP contribution in [0.3, 0.4) is 0 Å². The van der Waals surface area contributed by atoms with Crippen LogP contribution < -0.4 is 15.8 Å². The van der Waals surface area contributed by atoms with E-state index in [0.717, 1.165) is 11.1 Å². The van der Waals surface area contributed by atoms with Gasteiger partial charge in [-0.2, -0.15) is 0 Å². The second-order valence-corrected chi connectivity index (χ2v) is 8.13. The fourth-order valence-corrected chi connectivity index (χ4v) is 4.22. The van der Waals surface area contributed by atoms with E-state index in [1.165, 1.54) is 33.7 Å². The van der Waals surface area contributed by atoms with Gasteiger partial charge in [0.2, 0.25) is 11.8 Å². The summed E-state index contributed by atoms with van der Waals surface area (Å²) in [5.74, 6) is -1.29. The molecular formula is C25H23F2N3O3. The Bertz CT molecular complexity index is 1300. The van der Waals surface area contributed by atoms with Crippen LogP contribution in [0, 0.1) is 6.92 Å². The zero-order chi connectivity index (χ0) is 23.9. The number of nitrogens with zero attached hydrogens (tertiary/aromatic N) is 2. The van der Waals surface area contributed by atoms with Crippen LogP contribution in [0.15, 0.2) is 59.5 Å². The van der Waals surface area contributed by atoms with Gasteiger partial charge in [0.15, 0.2) is 0 Å². The van der Waals surface area contributed by atoms with Gasteiger partial charge in [0, 0.05) is 35.6 Å². The molecule has 33 heavy (non-hydrogen) atoms. The number of aryl methyl sites for hydroxylation is 1. The highest BCUT2D eigenvalue weighted by Crippen LogP contribution is 2.41. The number of nitrogens with one attached hydrogen (secondary N) is 1. The molecule has 4 rings (SSSR count). The third kappa shape index (κ3) is 4.04. The first-order valence-corrected chi connectivity index (χ1v) is 10.5. The third-order valence-corrected chi connectivity index (χ3v) is 5.96. The van der Waals surface area contributed by atoms with Crippen molar-refractivity contribution in [3.63, 3.8) is 0 Å². The topological polar surface area (TPSA) is 71.4 Å². The Morgan fingerprint density at radius 2 is 1.76 bits per heavy atom. The van der Waals surface area contributed by atoms with Gasteiger partial charge in [0.1, 0.15) is 6.54 Å². The molecular weight excluding hydrogens is 428 g/mol. The summed E-state index contributed by atoms with van der Waals surface area (Å²) in [6, 6.07) is 12.7. The number of carbonyl (C=O) groups is 2. The smallest absolute Gasteiger partial charge is 0.263 e. The first-order valence-electron chi connectivity index (χ1n) is 10.5. The molecule has 0 spiro atoms. The lowest BCUT2D eigenvalue weighted by molar-refractivity contribution is -0.122. The second-order valence-electron chi connectivity index (χ2n) is 8.13. The maximum atomic E-state index is 13.5. The molecule has 1 aromatic heterocycles. The summed E-state index contributed by atoms with van der Waals surface area (Å²) in [5.41, 5.74) is 3.17. The van der Waals surface area contributed by atoms with E-state index in [0.29, 0.717) is 22.5 Å². The Hall–Kier alpha value is -3.81. The van der Waals surface area contributed by atoms with Crippen molar-refractivity contribution < 1.29 is 18.4 Å². The van der Waals surface area contributed by atoms with E-state index in [1.54, 1.807) is 27.1 Å². The van der Waals surface area contributed by atoms with Crippen molar-refractivity contribution >= 4 is 23.2 Å². The largest absolute Gasteiger partial charge is 0.325 e. The van der Waals surface area contributed by atoms with Gasteiger partial charge in [-0.15, -0.1) is 0 Å². The lowest BCUT2D eigenvalue weighted by atomic mass is 9.91. The Labute approximate surface area is 189 Å². The summed E-state index contributed by atoms with van der Waals surface area (Å²) >= 11 is 0. The number of rotatable bonds is 4. The molecule has 1 aliphatic rings. The summed E-state index contributed by atoms with van der Waals surface area (Å²) in [4.78, 5) is 40.4. The summed E-state index contributed by atoms with van der Waals surface area (Å²) < 4.78 is 27.0. The quantitative estimate of drug-likeness (QED) is 0.640. The van der Waals surface area contributed by atoms with Crippen LogP contribution in [0.25, 0.3) is 11.1 Å². The van der Waals surface area contributed by atoms with Crippen molar-refractivity contribution in [2.75, 3.05) is 16.8 Å². The van der Waals surface area contributed by atoms with Crippen LogP contribution in [0.4, 0.5) is 20.2 Å². The van der Waals surface area contributed by atoms with E-state index < -0.39 is 18.3 Å². The van der Waals surface area contributed by atoms with Gasteiger partial charge in [0.25, 0.3) is 12.0 Å². The van der Waals surface area contributed by atoms with Crippen LogP contribution in [0.5, 0.6) is 0 Å². The summed E-state index contributed by atoms with van der Waals surface area (Å²) in [5, 5.41) is 2.66. The predicted octanol–water partition coefficient (Wildman–Crippen LogP) is 4.39. The van der Waals surface area contributed by atoms with Crippen LogP contribution in [0.1, 0.15) is 36.0 Å². The zero-order valence-corrected chi connectivity index (χ0v) is 18.4. The molecule has 1 atom stereocenters. The maximum Gasteiger partial charge on any atom is 0.263 e. The van der Waals surface area contributed by atoms with Crippen LogP contribution in [-0.4, -0.2) is 22.9 Å². The number of hydrogen-bond acceptors (Lipinski definition) is 3. The van der Waals surface area contributed by atoms with Crippen LogP contribution in [0.2, 0.25) is 0 Å². The molecule has 170 valence electrons. The maximum absolute atomic E-state index is 13.5. The number of anilines is 2. The van der Waals surface area contributed by atoms with E-state index in [9.17, 15) is 23.2 Å². The molecule has 0 fully saturated rings. The highest BCUT2D eigenvalue weighted by molar-refractivity contribution is 6.09. The minimum atomic E-state index is -2.60. The standard InChI is InChI=1S/C25H23F2N3O3/c1-14-18-6-4-5-7-19(18)22-15(2)24(32)29(3)12-20(22)30(25(14)33)13-21(31)28-17-10-8-16(9-11-17)23(26)27/h4-12,14,23H,13H2,1-3H3,(H,28,31)/t14-/m1/s1. The van der Waals surface area contributed by atoms with Crippen LogP contribution in [-0.2, 0) is 16.6 Å². The molecule has 2 aromatic carbocycles. The summed E-state index contributed by atoms with van der Waals surface area (Å²) in [6.07, 6.45) is -1.03. The SMILES string of the molecule is Cc1c2c(cn(C)c1=O)N(CC(=O)Nc1ccc(C(F)F)cc1)C(=O)[C@H](C)c1ccccc1-2. The number of aromatic nitrogens is 1. The third-order valence-electron chi connectivity index (χ3n) is 5.96. The van der Waals surface area contributed by atoms with E-state index in [1.807, 2.05) is 24.3 Å². The number of amides is 2. The number of carbonyl (C=O) groups excluding carboxylic acids is 2. The monoisotopic (exact) mass is 451 g/mol. The highest BCUT2D eigenvalue weighted by atomic mass is 19.3. The Morgan fingerprint density at radius 3 is 2.42 bits per heavy atom. The number of hydrogen-bond donors (Lipinski definition) is 1. The first-order chi connectivity index (χ1) is 15.7. The molecule has 1 aliphatic heterocycles. The lowest BCUT2D eigenvalue weighted by Gasteiger charge is -2.25. The number of alkyl halides is 2. The molecule has 0 radical (unpaired) electrons. The average molecular weight is 451 g/mol. The minimum absolute atomic E-state index is 0.146. The molecule has 8 heteroatoms. The molecule has 1 N–H and O–H groups in total. The Morgan fingerprint density at radius 1 is 1.09 bits per heavy atom. The Balaban J connectivity index is 1.74. The van der Waals surface area contributed by atoms with Crippen LogP contribution >= 0.6 is 0 Å². The first kappa shape index (κ1) is 22.4. The van der Waals surface area contributed by atoms with Crippen molar-refractivity contribution in [3.8, 4) is 11.1 Å². The molecule has 3 aromatic rings. The fourth-order valence-electron chi connectivity index (χ4n) is 4.22. The van der Waals surface area contributed by atoms with E-state index in [-0.39, 0.29) is 23.6 Å². The van der Waals surface area contributed by atoms with Gasteiger partial charge < -0.3 is 14.8 Å². The molecule has 0 saturated heterocycles. The van der Waals surface area contributed by atoms with Gasteiger partial charge in [-0.1, -0.05) is 36.4 Å². The van der Waals surface area contributed by atoms with Crippen molar-refractivity contribution in [2.45, 2.75) is 26.2 Å². The van der Waals surface area contributed by atoms with Gasteiger partial charge >= 0.3 is 0 Å². The van der Waals surface area contributed by atoms with E-state index in [4.69, 9.17) is 0 Å².